The van der Waals surface area contributed by atoms with Crippen LogP contribution in [0.3, 0.4) is 0 Å². The van der Waals surface area contributed by atoms with Gasteiger partial charge in [-0.05, 0) is 132 Å². The summed E-state index contributed by atoms with van der Waals surface area (Å²) in [6, 6.07) is 6.49. The van der Waals surface area contributed by atoms with E-state index in [4.69, 9.17) is 48.5 Å². The standard InChI is InChI=1S/2C9H8BrN3O3.C9H8BrNO3.C5H3BrO2.C4H7N3O2/c2*1-2-15-9(14)8(12-13-11)4-7-3-6(10)5-16-7;1-2-13-9(12)6-3-7-8(11-6)5(10)4-14-7;6-4-1-5(2-7)8-3-4;1-2-9-4(8)3-6-7-5/h2*3-5H,2H2,1H3;3-4,11H,2H2,1H3;1-3H;2-3H2,1H3/b2*8-4+;;;. The van der Waals surface area contributed by atoms with Gasteiger partial charge in [0, 0.05) is 26.9 Å². The van der Waals surface area contributed by atoms with Gasteiger partial charge in [0.15, 0.2) is 17.6 Å². The molecule has 0 aliphatic carbocycles. The lowest BCUT2D eigenvalue weighted by molar-refractivity contribution is -0.141. The summed E-state index contributed by atoms with van der Waals surface area (Å²) < 4.78 is 41.7. The van der Waals surface area contributed by atoms with Gasteiger partial charge in [-0.1, -0.05) is 15.3 Å². The quantitative estimate of drug-likeness (QED) is 0.0206. The zero-order valence-electron chi connectivity index (χ0n) is 33.2. The van der Waals surface area contributed by atoms with Crippen molar-refractivity contribution in [2.45, 2.75) is 27.7 Å². The van der Waals surface area contributed by atoms with Crippen LogP contribution in [0.15, 0.2) is 112 Å². The molecule has 23 nitrogen and oxygen atoms in total. The lowest BCUT2D eigenvalue weighted by Gasteiger charge is -1.99. The van der Waals surface area contributed by atoms with Crippen LogP contribution in [0.5, 0.6) is 0 Å². The number of hydrogen-bond acceptors (Lipinski definition) is 16. The molecule has 63 heavy (non-hydrogen) atoms. The first-order valence-corrected chi connectivity index (χ1v) is 20.5. The Morgan fingerprint density at radius 1 is 0.651 bits per heavy atom. The van der Waals surface area contributed by atoms with Crippen molar-refractivity contribution < 1.29 is 60.6 Å². The van der Waals surface area contributed by atoms with Crippen molar-refractivity contribution >= 4 is 117 Å². The highest BCUT2D eigenvalue weighted by Gasteiger charge is 2.14. The first kappa shape index (κ1) is 54.6. The minimum atomic E-state index is -0.687. The average Bonchev–Trinajstić information content (AvgIpc) is 4.11. The Labute approximate surface area is 389 Å². The average molecular weight is 1130 g/mol. The molecule has 0 spiro atoms. The third-order valence-electron chi connectivity index (χ3n) is 6.08. The molecule has 0 saturated carbocycles. The molecule has 1 N–H and O–H groups in total. The number of furan rings is 4. The summed E-state index contributed by atoms with van der Waals surface area (Å²) >= 11 is 12.8. The van der Waals surface area contributed by atoms with Crippen molar-refractivity contribution in [1.82, 2.24) is 4.98 Å². The molecule has 0 saturated heterocycles. The number of esters is 4. The van der Waals surface area contributed by atoms with Crippen LogP contribution < -0.4 is 0 Å². The number of carbonyl (C=O) groups is 5. The zero-order chi connectivity index (χ0) is 47.2. The molecule has 0 aliphatic rings. The molecule has 0 bridgehead atoms. The summed E-state index contributed by atoms with van der Waals surface area (Å²) in [6.07, 6.45) is 9.20. The van der Waals surface area contributed by atoms with E-state index in [-0.39, 0.29) is 37.1 Å². The molecule has 27 heteroatoms. The van der Waals surface area contributed by atoms with E-state index >= 15 is 0 Å². The lowest BCUT2D eigenvalue weighted by atomic mass is 10.3. The molecule has 0 aliphatic heterocycles. The van der Waals surface area contributed by atoms with Crippen molar-refractivity contribution in [3.8, 4) is 0 Å². The van der Waals surface area contributed by atoms with Crippen LogP contribution >= 0.6 is 63.7 Å². The highest BCUT2D eigenvalue weighted by molar-refractivity contribution is 9.11. The largest absolute Gasteiger partial charge is 0.466 e. The summed E-state index contributed by atoms with van der Waals surface area (Å²) in [6.45, 7) is 7.65. The molecule has 5 aromatic rings. The molecule has 0 unspecified atom stereocenters. The summed E-state index contributed by atoms with van der Waals surface area (Å²) in [5, 5.41) is 9.47. The number of hydrogen-bond donors (Lipinski definition) is 1. The Morgan fingerprint density at radius 2 is 1.11 bits per heavy atom. The second kappa shape index (κ2) is 31.4. The number of H-pyrrole nitrogens is 1. The first-order valence-electron chi connectivity index (χ1n) is 17.3. The summed E-state index contributed by atoms with van der Waals surface area (Å²) in [4.78, 5) is 64.6. The zero-order valence-corrected chi connectivity index (χ0v) is 39.6. The van der Waals surface area contributed by atoms with Crippen molar-refractivity contribution in [2.24, 2.45) is 15.3 Å². The maximum Gasteiger partial charge on any atom is 0.354 e. The number of nitrogens with one attached hydrogen (secondary N) is 1. The van der Waals surface area contributed by atoms with E-state index in [0.29, 0.717) is 48.1 Å². The molecule has 0 amide bonds. The SMILES string of the molecule is CCOC(=O)/C(=C\c1cc(Br)co1)N=[N+]=[N-].CCOC(=O)/C(=C\c1cc(Br)co1)N=[N+]=[N-].CCOC(=O)CN=[N+]=[N-].CCOC(=O)c1cc2occ(Br)c2[nH]1.O=Cc1cc(Br)co1. The van der Waals surface area contributed by atoms with Crippen LogP contribution in [-0.2, 0) is 33.3 Å². The topological polar surface area (TPSA) is 337 Å². The van der Waals surface area contributed by atoms with Crippen LogP contribution in [0, 0.1) is 0 Å². The van der Waals surface area contributed by atoms with Gasteiger partial charge in [0.1, 0.15) is 60.2 Å². The maximum atomic E-state index is 11.3. The molecular formula is C36H34Br4N10O13. The van der Waals surface area contributed by atoms with E-state index in [2.05, 4.69) is 104 Å². The molecule has 0 radical (unpaired) electrons. The highest BCUT2D eigenvalue weighted by atomic mass is 79.9. The third kappa shape index (κ3) is 21.8. The molecular weight excluding hydrogens is 1100 g/mol. The van der Waals surface area contributed by atoms with Crippen LogP contribution in [0.4, 0.5) is 0 Å². The minimum absolute atomic E-state index is 0.147. The Hall–Kier alpha value is -6.46. The van der Waals surface area contributed by atoms with E-state index in [1.54, 1.807) is 58.2 Å². The number of aldehydes is 1. The molecule has 5 aromatic heterocycles. The van der Waals surface area contributed by atoms with Crippen LogP contribution in [0.25, 0.3) is 54.6 Å². The Morgan fingerprint density at radius 3 is 1.46 bits per heavy atom. The van der Waals surface area contributed by atoms with Crippen molar-refractivity contribution in [2.75, 3.05) is 33.0 Å². The number of halogens is 4. The lowest BCUT2D eigenvalue weighted by Crippen LogP contribution is -2.06. The third-order valence-corrected chi connectivity index (χ3v) is 7.92. The van der Waals surface area contributed by atoms with Crippen molar-refractivity contribution in [3.63, 3.8) is 0 Å². The number of carbonyl (C=O) groups excluding carboxylic acids is 5. The van der Waals surface area contributed by atoms with Crippen LogP contribution in [0.2, 0.25) is 0 Å². The van der Waals surface area contributed by atoms with Gasteiger partial charge in [-0.15, -0.1) is 0 Å². The first-order chi connectivity index (χ1) is 30.2. The number of fused-ring (bicyclic) bond motifs is 1. The van der Waals surface area contributed by atoms with Crippen LogP contribution in [-0.4, -0.2) is 68.1 Å². The molecule has 5 rings (SSSR count). The molecule has 0 aromatic carbocycles. The van der Waals surface area contributed by atoms with Gasteiger partial charge < -0.3 is 41.6 Å². The van der Waals surface area contributed by atoms with E-state index in [1.165, 1.54) is 30.9 Å². The van der Waals surface area contributed by atoms with Gasteiger partial charge in [0.25, 0.3) is 0 Å². The molecule has 334 valence electrons. The fourth-order valence-corrected chi connectivity index (χ4v) is 5.07. The molecule has 0 fully saturated rings. The minimum Gasteiger partial charge on any atom is -0.466 e. The fourth-order valence-electron chi connectivity index (χ4n) is 3.73. The van der Waals surface area contributed by atoms with Crippen molar-refractivity contribution in [1.29, 1.82) is 0 Å². The predicted molar refractivity (Wildman–Crippen MR) is 237 cm³/mol. The highest BCUT2D eigenvalue weighted by Crippen LogP contribution is 2.26. The Balaban J connectivity index is 0.000000403. The number of ether oxygens (including phenoxy) is 4. The second-order valence-electron chi connectivity index (χ2n) is 10.4. The summed E-state index contributed by atoms with van der Waals surface area (Å²) in [7, 11) is 0. The molecule has 0 atom stereocenters. The van der Waals surface area contributed by atoms with Gasteiger partial charge >= 0.3 is 23.9 Å². The van der Waals surface area contributed by atoms with Gasteiger partial charge in [0.05, 0.1) is 49.8 Å². The van der Waals surface area contributed by atoms with Crippen molar-refractivity contribution in [3.05, 3.63) is 133 Å². The number of aromatic amines is 1. The maximum absolute atomic E-state index is 11.3. The smallest absolute Gasteiger partial charge is 0.354 e. The number of rotatable bonds is 14. The fraction of sp³-hybridized carbons (Fsp3) is 0.250. The van der Waals surface area contributed by atoms with E-state index in [1.807, 2.05) is 0 Å². The Bertz CT molecular complexity index is 2400. The predicted octanol–water partition coefficient (Wildman–Crippen LogP) is 11.9. The normalized spacial score (nSPS) is 10.1. The van der Waals surface area contributed by atoms with E-state index in [0.717, 1.165) is 23.4 Å². The number of nitrogens with zero attached hydrogens (tertiary/aromatic N) is 9. The monoisotopic (exact) mass is 1130 g/mol. The van der Waals surface area contributed by atoms with E-state index < -0.39 is 17.9 Å². The number of azide groups is 3. The van der Waals surface area contributed by atoms with Gasteiger partial charge in [-0.2, -0.15) is 0 Å². The van der Waals surface area contributed by atoms with Crippen LogP contribution in [0.1, 0.15) is 60.3 Å². The second-order valence-corrected chi connectivity index (χ2v) is 14.0. The summed E-state index contributed by atoms with van der Waals surface area (Å²) in [5.74, 6) is -1.11. The van der Waals surface area contributed by atoms with Gasteiger partial charge in [-0.25, -0.2) is 14.4 Å². The van der Waals surface area contributed by atoms with Gasteiger partial charge in [0.2, 0.25) is 0 Å². The number of aromatic nitrogens is 1. The molecule has 5 heterocycles. The Kier molecular flexibility index (Phi) is 27.2. The van der Waals surface area contributed by atoms with Gasteiger partial charge in [-0.3, -0.25) is 9.59 Å². The summed E-state index contributed by atoms with van der Waals surface area (Å²) in [5.41, 5.74) is 25.9. The van der Waals surface area contributed by atoms with E-state index in [9.17, 15) is 24.0 Å².